The van der Waals surface area contributed by atoms with Crippen molar-refractivity contribution in [1.29, 1.82) is 0 Å². The van der Waals surface area contributed by atoms with Crippen LogP contribution >= 0.6 is 0 Å². The fraction of sp³-hybridized carbons (Fsp3) is 0.675. The zero-order valence-electron chi connectivity index (χ0n) is 54.2. The summed E-state index contributed by atoms with van der Waals surface area (Å²) in [5.74, 6) is -0.890. The van der Waals surface area contributed by atoms with Gasteiger partial charge in [0, 0.05) is 19.3 Å². The second-order valence-electron chi connectivity index (χ2n) is 22.7. The first kappa shape index (κ1) is 78.5. The molecule has 0 aromatic heterocycles. The van der Waals surface area contributed by atoms with E-state index in [0.29, 0.717) is 19.3 Å². The summed E-state index contributed by atoms with van der Waals surface area (Å²) in [4.78, 5) is 38.0. The van der Waals surface area contributed by atoms with Gasteiger partial charge in [0.1, 0.15) is 13.2 Å². The maximum atomic E-state index is 12.9. The number of carbonyl (C=O) groups excluding carboxylic acids is 3. The zero-order chi connectivity index (χ0) is 59.9. The van der Waals surface area contributed by atoms with Gasteiger partial charge in [-0.1, -0.05) is 315 Å². The SMILES string of the molecule is CC/C=C\C/C=C\C/C=C\C/C=C\C/C=C\C/C=C\CCCCCCCCCCCCCCCCC(=O)OCC(COC(=O)CCCCCCC)OC(=O)CCCCCCCCCCCCC/C=C\C/C=C\C/C=C\C/C=C\C/C=C\CC. The molecule has 0 aliphatic heterocycles. The van der Waals surface area contributed by atoms with Crippen LogP contribution in [-0.4, -0.2) is 37.2 Å². The molecular weight excluding hydrogens is 1020 g/mol. The largest absolute Gasteiger partial charge is 0.462 e. The fourth-order valence-corrected chi connectivity index (χ4v) is 9.53. The molecule has 0 heterocycles. The van der Waals surface area contributed by atoms with E-state index in [-0.39, 0.29) is 31.1 Å². The average Bonchev–Trinajstić information content (AvgIpc) is 3.49. The molecule has 1 atom stereocenters. The van der Waals surface area contributed by atoms with Crippen molar-refractivity contribution in [3.8, 4) is 0 Å². The highest BCUT2D eigenvalue weighted by molar-refractivity contribution is 5.71. The van der Waals surface area contributed by atoms with Crippen molar-refractivity contribution in [1.82, 2.24) is 0 Å². The van der Waals surface area contributed by atoms with Gasteiger partial charge in [0.2, 0.25) is 0 Å². The summed E-state index contributed by atoms with van der Waals surface area (Å²) in [5, 5.41) is 0. The van der Waals surface area contributed by atoms with Crippen LogP contribution in [0.5, 0.6) is 0 Å². The van der Waals surface area contributed by atoms with E-state index in [9.17, 15) is 14.4 Å². The Hall–Kier alpha value is -4.45. The van der Waals surface area contributed by atoms with E-state index in [4.69, 9.17) is 14.2 Å². The summed E-state index contributed by atoms with van der Waals surface area (Å²) in [7, 11) is 0. The molecule has 0 saturated carbocycles. The Balaban J connectivity index is 4.01. The number of esters is 3. The molecule has 0 fully saturated rings. The molecule has 0 amide bonds. The highest BCUT2D eigenvalue weighted by Gasteiger charge is 2.19. The molecule has 0 N–H and O–H groups in total. The van der Waals surface area contributed by atoms with E-state index in [1.54, 1.807) is 0 Å². The van der Waals surface area contributed by atoms with Gasteiger partial charge in [0.25, 0.3) is 0 Å². The number of hydrogen-bond donors (Lipinski definition) is 0. The molecule has 0 aromatic rings. The van der Waals surface area contributed by atoms with Gasteiger partial charge in [-0.05, 0) is 116 Å². The van der Waals surface area contributed by atoms with Crippen molar-refractivity contribution >= 4 is 17.9 Å². The molecule has 472 valence electrons. The van der Waals surface area contributed by atoms with Crippen LogP contribution in [0.4, 0.5) is 0 Å². The van der Waals surface area contributed by atoms with Crippen LogP contribution in [0.2, 0.25) is 0 Å². The summed E-state index contributed by atoms with van der Waals surface area (Å²) < 4.78 is 16.8. The van der Waals surface area contributed by atoms with Gasteiger partial charge in [-0.15, -0.1) is 0 Å². The molecule has 0 spiro atoms. The molecule has 1 unspecified atom stereocenters. The predicted molar refractivity (Wildman–Crippen MR) is 362 cm³/mol. The van der Waals surface area contributed by atoms with Crippen molar-refractivity contribution in [3.63, 3.8) is 0 Å². The molecule has 0 saturated heterocycles. The molecular formula is C77H128O6. The Bertz CT molecular complexity index is 1750. The molecule has 83 heavy (non-hydrogen) atoms. The quantitative estimate of drug-likeness (QED) is 0.0261. The minimum absolute atomic E-state index is 0.0796. The standard InChI is InChI=1S/C77H128O6/c1-4-7-10-13-15-17-19-21-23-25-27-29-31-33-35-36-37-38-39-40-42-43-45-47-49-51-53-55-57-59-61-64-67-70-76(79)82-73-74(72-81-75(78)69-66-63-12-9-6-3)83-77(80)71-68-65-62-60-58-56-54-52-50-48-46-44-41-34-32-30-28-26-24-22-20-18-16-14-11-8-5-2/h7-8,10-11,15-18,21-24,27-30,33-35,37-38,41,74H,4-6,9,12-14,19-20,25-26,31-32,36,39-40,42-73H2,1-3H3/b10-7-,11-8-,17-15-,18-16-,23-21-,24-22-,29-27-,30-28-,35-33-,38-37-,41-34-. The first-order chi connectivity index (χ1) is 41.0. The first-order valence-electron chi connectivity index (χ1n) is 34.7. The van der Waals surface area contributed by atoms with E-state index < -0.39 is 6.10 Å². The molecule has 6 heteroatoms. The Morgan fingerprint density at radius 2 is 0.470 bits per heavy atom. The van der Waals surface area contributed by atoms with E-state index in [1.165, 1.54) is 141 Å². The lowest BCUT2D eigenvalue weighted by Crippen LogP contribution is -2.30. The number of allylic oxidation sites excluding steroid dienone is 22. The average molecular weight is 1150 g/mol. The van der Waals surface area contributed by atoms with Crippen LogP contribution in [0, 0.1) is 0 Å². The smallest absolute Gasteiger partial charge is 0.306 e. The summed E-state index contributed by atoms with van der Waals surface area (Å²) in [6.45, 7) is 6.35. The number of ether oxygens (including phenoxy) is 3. The summed E-state index contributed by atoms with van der Waals surface area (Å²) in [5.41, 5.74) is 0. The normalized spacial score (nSPS) is 13.0. The monoisotopic (exact) mass is 1150 g/mol. The third kappa shape index (κ3) is 68.2. The van der Waals surface area contributed by atoms with Gasteiger partial charge in [-0.3, -0.25) is 14.4 Å². The lowest BCUT2D eigenvalue weighted by molar-refractivity contribution is -0.167. The highest BCUT2D eigenvalue weighted by atomic mass is 16.6. The number of carbonyl (C=O) groups is 3. The van der Waals surface area contributed by atoms with Gasteiger partial charge in [0.15, 0.2) is 6.10 Å². The second-order valence-corrected chi connectivity index (χ2v) is 22.7. The van der Waals surface area contributed by atoms with Gasteiger partial charge < -0.3 is 14.2 Å². The van der Waals surface area contributed by atoms with Crippen LogP contribution in [0.25, 0.3) is 0 Å². The molecule has 6 nitrogen and oxygen atoms in total. The maximum absolute atomic E-state index is 12.9. The third-order valence-corrected chi connectivity index (χ3v) is 14.7. The Morgan fingerprint density at radius 1 is 0.253 bits per heavy atom. The van der Waals surface area contributed by atoms with E-state index in [2.05, 4.69) is 154 Å². The lowest BCUT2D eigenvalue weighted by atomic mass is 10.0. The molecule has 0 aliphatic carbocycles. The van der Waals surface area contributed by atoms with Crippen molar-refractivity contribution < 1.29 is 28.6 Å². The second kappa shape index (κ2) is 70.0. The highest BCUT2D eigenvalue weighted by Crippen LogP contribution is 2.17. The van der Waals surface area contributed by atoms with Crippen LogP contribution in [0.3, 0.4) is 0 Å². The molecule has 0 radical (unpaired) electrons. The predicted octanol–water partition coefficient (Wildman–Crippen LogP) is 24.1. The van der Waals surface area contributed by atoms with Crippen LogP contribution < -0.4 is 0 Å². The number of hydrogen-bond acceptors (Lipinski definition) is 6. The summed E-state index contributed by atoms with van der Waals surface area (Å²) >= 11 is 0. The molecule has 0 aliphatic rings. The van der Waals surface area contributed by atoms with Gasteiger partial charge in [-0.25, -0.2) is 0 Å². The van der Waals surface area contributed by atoms with Crippen LogP contribution in [-0.2, 0) is 28.6 Å². The number of rotatable bonds is 62. The summed E-state index contributed by atoms with van der Waals surface area (Å²) in [6.07, 6.45) is 99.5. The van der Waals surface area contributed by atoms with E-state index in [0.717, 1.165) is 135 Å². The third-order valence-electron chi connectivity index (χ3n) is 14.7. The molecule has 0 rings (SSSR count). The Morgan fingerprint density at radius 3 is 0.735 bits per heavy atom. The topological polar surface area (TPSA) is 78.9 Å². The number of unbranched alkanes of at least 4 members (excludes halogenated alkanes) is 29. The van der Waals surface area contributed by atoms with E-state index in [1.807, 2.05) is 0 Å². The van der Waals surface area contributed by atoms with Crippen molar-refractivity contribution in [3.05, 3.63) is 134 Å². The fourth-order valence-electron chi connectivity index (χ4n) is 9.53. The van der Waals surface area contributed by atoms with Crippen molar-refractivity contribution in [2.24, 2.45) is 0 Å². The minimum atomic E-state index is -0.779. The lowest BCUT2D eigenvalue weighted by Gasteiger charge is -2.18. The minimum Gasteiger partial charge on any atom is -0.462 e. The van der Waals surface area contributed by atoms with Crippen molar-refractivity contribution in [2.45, 2.75) is 322 Å². The zero-order valence-corrected chi connectivity index (χ0v) is 54.2. The summed E-state index contributed by atoms with van der Waals surface area (Å²) in [6, 6.07) is 0. The van der Waals surface area contributed by atoms with E-state index >= 15 is 0 Å². The van der Waals surface area contributed by atoms with Crippen LogP contribution in [0.15, 0.2) is 134 Å². The maximum Gasteiger partial charge on any atom is 0.306 e. The van der Waals surface area contributed by atoms with Crippen LogP contribution in [0.1, 0.15) is 316 Å². The molecule has 0 aromatic carbocycles. The van der Waals surface area contributed by atoms with Gasteiger partial charge in [0.05, 0.1) is 0 Å². The Kier molecular flexibility index (Phi) is 66.3. The van der Waals surface area contributed by atoms with Gasteiger partial charge in [-0.2, -0.15) is 0 Å². The molecule has 0 bridgehead atoms. The van der Waals surface area contributed by atoms with Crippen molar-refractivity contribution in [2.75, 3.05) is 13.2 Å². The Labute approximate surface area is 513 Å². The van der Waals surface area contributed by atoms with Gasteiger partial charge >= 0.3 is 17.9 Å². The first-order valence-corrected chi connectivity index (χ1v) is 34.7.